The summed E-state index contributed by atoms with van der Waals surface area (Å²) in [5, 5.41) is 3.60. The topological polar surface area (TPSA) is 62.3 Å². The highest BCUT2D eigenvalue weighted by Crippen LogP contribution is 2.34. The molecule has 2 aromatic rings. The van der Waals surface area contributed by atoms with Gasteiger partial charge < -0.3 is 0 Å². The predicted octanol–water partition coefficient (Wildman–Crippen LogP) is 1.89. The average Bonchev–Trinajstić information content (AvgIpc) is 3.10. The summed E-state index contributed by atoms with van der Waals surface area (Å²) in [6.45, 7) is 1.71. The fraction of sp³-hybridized carbons (Fsp3) is 0.438. The number of piperidine rings is 1. The Morgan fingerprint density at radius 3 is 2.64 bits per heavy atom. The SMILES string of the molecule is O=C1C[C@H](N2CCC(c3nc4ccccc4s3)CC2)C(=O)N1. The summed E-state index contributed by atoms with van der Waals surface area (Å²) in [7, 11) is 0. The Bertz CT molecular complexity index is 701. The maximum absolute atomic E-state index is 11.8. The zero-order chi connectivity index (χ0) is 15.1. The summed E-state index contributed by atoms with van der Waals surface area (Å²) in [5.74, 6) is 0.181. The molecule has 0 aliphatic carbocycles. The van der Waals surface area contributed by atoms with Crippen molar-refractivity contribution in [1.82, 2.24) is 15.2 Å². The number of thiazole rings is 1. The summed E-state index contributed by atoms with van der Waals surface area (Å²) in [5.41, 5.74) is 1.07. The number of likely N-dealkylation sites (tertiary alicyclic amines) is 1. The lowest BCUT2D eigenvalue weighted by molar-refractivity contribution is -0.126. The largest absolute Gasteiger partial charge is 0.295 e. The molecule has 22 heavy (non-hydrogen) atoms. The number of hydrogen-bond donors (Lipinski definition) is 1. The lowest BCUT2D eigenvalue weighted by Gasteiger charge is -2.33. The molecule has 114 valence electrons. The van der Waals surface area contributed by atoms with Crippen LogP contribution in [0.15, 0.2) is 24.3 Å². The van der Waals surface area contributed by atoms with Crippen molar-refractivity contribution >= 4 is 33.4 Å². The molecule has 1 N–H and O–H groups in total. The molecule has 0 saturated carbocycles. The van der Waals surface area contributed by atoms with Crippen molar-refractivity contribution in [2.75, 3.05) is 13.1 Å². The molecule has 0 radical (unpaired) electrons. The molecule has 2 aliphatic heterocycles. The van der Waals surface area contributed by atoms with E-state index in [4.69, 9.17) is 4.98 Å². The molecule has 6 heteroatoms. The van der Waals surface area contributed by atoms with Crippen LogP contribution in [0.5, 0.6) is 0 Å². The number of aromatic nitrogens is 1. The van der Waals surface area contributed by atoms with E-state index in [9.17, 15) is 9.59 Å². The zero-order valence-electron chi connectivity index (χ0n) is 12.1. The van der Waals surface area contributed by atoms with Crippen LogP contribution in [0.2, 0.25) is 0 Å². The number of rotatable bonds is 2. The second-order valence-corrected chi connectivity index (χ2v) is 7.02. The van der Waals surface area contributed by atoms with Gasteiger partial charge in [0.1, 0.15) is 0 Å². The summed E-state index contributed by atoms with van der Waals surface area (Å²) in [4.78, 5) is 30.0. The number of nitrogens with zero attached hydrogens (tertiary/aromatic N) is 2. The quantitative estimate of drug-likeness (QED) is 0.860. The molecule has 1 aromatic heterocycles. The molecular formula is C16H17N3O2S. The third-order valence-corrected chi connectivity index (χ3v) is 5.77. The first-order valence-corrected chi connectivity index (χ1v) is 8.45. The van der Waals surface area contributed by atoms with Gasteiger partial charge in [-0.05, 0) is 38.1 Å². The van der Waals surface area contributed by atoms with Crippen LogP contribution in [-0.2, 0) is 9.59 Å². The predicted molar refractivity (Wildman–Crippen MR) is 84.7 cm³/mol. The number of para-hydroxylation sites is 1. The summed E-state index contributed by atoms with van der Waals surface area (Å²) in [6.07, 6.45) is 2.31. The minimum absolute atomic E-state index is 0.136. The van der Waals surface area contributed by atoms with Gasteiger partial charge in [-0.25, -0.2) is 4.98 Å². The number of carbonyl (C=O) groups excluding carboxylic acids is 2. The Labute approximate surface area is 132 Å². The monoisotopic (exact) mass is 315 g/mol. The number of nitrogens with one attached hydrogen (secondary N) is 1. The van der Waals surface area contributed by atoms with Gasteiger partial charge in [0.2, 0.25) is 11.8 Å². The van der Waals surface area contributed by atoms with Crippen LogP contribution in [0.4, 0.5) is 0 Å². The summed E-state index contributed by atoms with van der Waals surface area (Å²) < 4.78 is 1.24. The highest BCUT2D eigenvalue weighted by molar-refractivity contribution is 7.18. The smallest absolute Gasteiger partial charge is 0.244 e. The normalized spacial score (nSPS) is 24.1. The molecule has 1 atom stereocenters. The van der Waals surface area contributed by atoms with Crippen LogP contribution < -0.4 is 5.32 Å². The van der Waals surface area contributed by atoms with Crippen LogP contribution in [0.25, 0.3) is 10.2 Å². The Kier molecular flexibility index (Phi) is 3.43. The number of amides is 2. The van der Waals surface area contributed by atoms with Gasteiger partial charge in [0.15, 0.2) is 0 Å². The van der Waals surface area contributed by atoms with Gasteiger partial charge in [-0.2, -0.15) is 0 Å². The Hall–Kier alpha value is -1.79. The Morgan fingerprint density at radius 2 is 1.95 bits per heavy atom. The van der Waals surface area contributed by atoms with Gasteiger partial charge >= 0.3 is 0 Å². The molecule has 4 rings (SSSR count). The van der Waals surface area contributed by atoms with E-state index >= 15 is 0 Å². The second-order valence-electron chi connectivity index (χ2n) is 5.96. The fourth-order valence-corrected chi connectivity index (χ4v) is 4.49. The van der Waals surface area contributed by atoms with E-state index in [0.29, 0.717) is 12.3 Å². The van der Waals surface area contributed by atoms with E-state index in [1.807, 2.05) is 12.1 Å². The number of fused-ring (bicyclic) bond motifs is 1. The van der Waals surface area contributed by atoms with Gasteiger partial charge in [-0.3, -0.25) is 19.8 Å². The van der Waals surface area contributed by atoms with Crippen LogP contribution in [0.1, 0.15) is 30.2 Å². The van der Waals surface area contributed by atoms with Gasteiger partial charge in [-0.1, -0.05) is 12.1 Å². The Morgan fingerprint density at radius 1 is 1.18 bits per heavy atom. The minimum Gasteiger partial charge on any atom is -0.295 e. The minimum atomic E-state index is -0.260. The van der Waals surface area contributed by atoms with E-state index in [1.54, 1.807) is 11.3 Å². The molecule has 2 amide bonds. The van der Waals surface area contributed by atoms with Gasteiger partial charge in [0.25, 0.3) is 0 Å². The number of hydrogen-bond acceptors (Lipinski definition) is 5. The third kappa shape index (κ3) is 2.42. The lowest BCUT2D eigenvalue weighted by Crippen LogP contribution is -2.44. The molecule has 5 nitrogen and oxygen atoms in total. The van der Waals surface area contributed by atoms with Crippen LogP contribution in [-0.4, -0.2) is 40.8 Å². The molecule has 2 fully saturated rings. The lowest BCUT2D eigenvalue weighted by atomic mass is 9.96. The number of imide groups is 1. The highest BCUT2D eigenvalue weighted by Gasteiger charge is 2.37. The molecule has 0 bridgehead atoms. The number of carbonyl (C=O) groups is 2. The summed E-state index contributed by atoms with van der Waals surface area (Å²) in [6, 6.07) is 7.97. The van der Waals surface area contributed by atoms with Gasteiger partial charge in [0, 0.05) is 5.92 Å². The molecule has 2 aliphatic rings. The molecule has 1 aromatic carbocycles. The van der Waals surface area contributed by atoms with E-state index in [0.717, 1.165) is 31.4 Å². The molecule has 3 heterocycles. The van der Waals surface area contributed by atoms with Crippen LogP contribution in [0.3, 0.4) is 0 Å². The van der Waals surface area contributed by atoms with E-state index in [2.05, 4.69) is 22.3 Å². The molecule has 0 unspecified atom stereocenters. The molecular weight excluding hydrogens is 298 g/mol. The molecule has 0 spiro atoms. The highest BCUT2D eigenvalue weighted by atomic mass is 32.1. The Balaban J connectivity index is 1.45. The third-order valence-electron chi connectivity index (χ3n) is 4.57. The molecule has 2 saturated heterocycles. The van der Waals surface area contributed by atoms with Crippen molar-refractivity contribution in [2.24, 2.45) is 0 Å². The second kappa shape index (κ2) is 5.44. The first-order chi connectivity index (χ1) is 10.7. The van der Waals surface area contributed by atoms with E-state index in [-0.39, 0.29) is 17.9 Å². The zero-order valence-corrected chi connectivity index (χ0v) is 12.9. The first kappa shape index (κ1) is 13.8. The van der Waals surface area contributed by atoms with Crippen LogP contribution >= 0.6 is 11.3 Å². The van der Waals surface area contributed by atoms with E-state index in [1.165, 1.54) is 9.71 Å². The fourth-order valence-electron chi connectivity index (χ4n) is 3.36. The van der Waals surface area contributed by atoms with Crippen molar-refractivity contribution in [3.8, 4) is 0 Å². The van der Waals surface area contributed by atoms with Crippen molar-refractivity contribution in [2.45, 2.75) is 31.2 Å². The van der Waals surface area contributed by atoms with Crippen LogP contribution in [0, 0.1) is 0 Å². The van der Waals surface area contributed by atoms with Gasteiger partial charge in [-0.15, -0.1) is 11.3 Å². The maximum Gasteiger partial charge on any atom is 0.244 e. The van der Waals surface area contributed by atoms with Crippen molar-refractivity contribution in [3.05, 3.63) is 29.3 Å². The van der Waals surface area contributed by atoms with Crippen molar-refractivity contribution in [3.63, 3.8) is 0 Å². The number of benzene rings is 1. The van der Waals surface area contributed by atoms with Gasteiger partial charge in [0.05, 0.1) is 27.7 Å². The first-order valence-electron chi connectivity index (χ1n) is 7.64. The maximum atomic E-state index is 11.8. The van der Waals surface area contributed by atoms with Crippen molar-refractivity contribution in [1.29, 1.82) is 0 Å². The average molecular weight is 315 g/mol. The standard InChI is InChI=1S/C16H17N3O2S/c20-14-9-12(15(21)18-14)19-7-5-10(6-8-19)16-17-11-3-1-2-4-13(11)22-16/h1-4,10,12H,5-9H2,(H,18,20,21)/t12-/m0/s1. The summed E-state index contributed by atoms with van der Waals surface area (Å²) >= 11 is 1.78. The van der Waals surface area contributed by atoms with Crippen molar-refractivity contribution < 1.29 is 9.59 Å². The van der Waals surface area contributed by atoms with E-state index < -0.39 is 0 Å².